The molecule has 0 heterocycles. The van der Waals surface area contributed by atoms with Gasteiger partial charge in [-0.25, -0.2) is 0 Å². The van der Waals surface area contributed by atoms with Crippen LogP contribution in [-0.4, -0.2) is 11.7 Å². The summed E-state index contributed by atoms with van der Waals surface area (Å²) >= 11 is 17.0. The third kappa shape index (κ3) is 4.16. The van der Waals surface area contributed by atoms with E-state index in [-0.39, 0.29) is 0 Å². The van der Waals surface area contributed by atoms with Crippen LogP contribution >= 0.6 is 35.4 Å². The van der Waals surface area contributed by atoms with Gasteiger partial charge in [0.1, 0.15) is 0 Å². The van der Waals surface area contributed by atoms with Crippen molar-refractivity contribution in [1.82, 2.24) is 5.32 Å². The molecule has 1 rings (SSSR count). The summed E-state index contributed by atoms with van der Waals surface area (Å²) in [6, 6.07) is 5.39. The quantitative estimate of drug-likeness (QED) is 0.818. The monoisotopic (exact) mass is 276 g/mol. The molecule has 0 amide bonds. The first kappa shape index (κ1) is 13.6. The van der Waals surface area contributed by atoms with Crippen LogP contribution < -0.4 is 10.6 Å². The molecular weight excluding hydrogens is 263 g/mol. The number of anilines is 1. The minimum atomic E-state index is 0.484. The van der Waals surface area contributed by atoms with Gasteiger partial charge in [0.05, 0.1) is 15.7 Å². The van der Waals surface area contributed by atoms with E-state index in [1.54, 1.807) is 6.07 Å². The topological polar surface area (TPSA) is 24.1 Å². The van der Waals surface area contributed by atoms with Crippen LogP contribution in [0.5, 0.6) is 0 Å². The van der Waals surface area contributed by atoms with Crippen molar-refractivity contribution in [3.8, 4) is 0 Å². The van der Waals surface area contributed by atoms with Gasteiger partial charge in [0.25, 0.3) is 0 Å². The largest absolute Gasteiger partial charge is 0.362 e. The molecule has 0 aliphatic rings. The molecule has 0 fully saturated rings. The molecule has 0 radical (unpaired) electrons. The van der Waals surface area contributed by atoms with Crippen LogP contribution in [0, 0.1) is 5.92 Å². The van der Waals surface area contributed by atoms with Crippen molar-refractivity contribution >= 4 is 46.2 Å². The maximum atomic E-state index is 6.02. The Morgan fingerprint density at radius 1 is 1.38 bits per heavy atom. The van der Waals surface area contributed by atoms with E-state index >= 15 is 0 Å². The summed E-state index contributed by atoms with van der Waals surface area (Å²) in [5.74, 6) is 0.537. The molecule has 0 atom stereocenters. The summed E-state index contributed by atoms with van der Waals surface area (Å²) in [6.07, 6.45) is 0. The third-order valence-electron chi connectivity index (χ3n) is 1.87. The molecule has 16 heavy (non-hydrogen) atoms. The van der Waals surface area contributed by atoms with Gasteiger partial charge in [0, 0.05) is 6.54 Å². The highest BCUT2D eigenvalue weighted by atomic mass is 35.5. The maximum Gasteiger partial charge on any atom is 0.170 e. The first-order valence-corrected chi connectivity index (χ1v) is 6.16. The summed E-state index contributed by atoms with van der Waals surface area (Å²) in [5.41, 5.74) is 0.718. The SMILES string of the molecule is CC(C)CNC(=S)Nc1cccc(Cl)c1Cl. The molecule has 0 spiro atoms. The van der Waals surface area contributed by atoms with E-state index in [9.17, 15) is 0 Å². The Bertz CT molecular complexity index is 380. The van der Waals surface area contributed by atoms with E-state index in [1.165, 1.54) is 0 Å². The Kier molecular flexibility index (Phi) is 5.32. The highest BCUT2D eigenvalue weighted by molar-refractivity contribution is 7.80. The number of halogens is 2. The van der Waals surface area contributed by atoms with Crippen molar-refractivity contribution in [2.45, 2.75) is 13.8 Å². The third-order valence-corrected chi connectivity index (χ3v) is 2.94. The van der Waals surface area contributed by atoms with Crippen LogP contribution in [0.3, 0.4) is 0 Å². The van der Waals surface area contributed by atoms with Gasteiger partial charge in [-0.05, 0) is 30.3 Å². The number of thiocarbonyl (C=S) groups is 1. The van der Waals surface area contributed by atoms with E-state index in [2.05, 4.69) is 24.5 Å². The lowest BCUT2D eigenvalue weighted by molar-refractivity contribution is 0.627. The first-order chi connectivity index (χ1) is 7.50. The first-order valence-electron chi connectivity index (χ1n) is 4.99. The molecule has 0 saturated carbocycles. The second-order valence-electron chi connectivity index (χ2n) is 3.83. The smallest absolute Gasteiger partial charge is 0.170 e. The van der Waals surface area contributed by atoms with Gasteiger partial charge in [-0.3, -0.25) is 0 Å². The molecule has 88 valence electrons. The van der Waals surface area contributed by atoms with Crippen LogP contribution in [0.1, 0.15) is 13.8 Å². The summed E-state index contributed by atoms with van der Waals surface area (Å²) in [5, 5.41) is 7.66. The van der Waals surface area contributed by atoms with E-state index in [1.807, 2.05) is 12.1 Å². The Hall–Kier alpha value is -0.510. The van der Waals surface area contributed by atoms with Gasteiger partial charge in [0.15, 0.2) is 5.11 Å². The van der Waals surface area contributed by atoms with Crippen LogP contribution in [0.15, 0.2) is 18.2 Å². The number of hydrogen-bond acceptors (Lipinski definition) is 1. The summed E-state index contributed by atoms with van der Waals surface area (Å²) < 4.78 is 0. The lowest BCUT2D eigenvalue weighted by Crippen LogP contribution is -2.31. The van der Waals surface area contributed by atoms with E-state index in [0.29, 0.717) is 21.1 Å². The van der Waals surface area contributed by atoms with Gasteiger partial charge in [-0.2, -0.15) is 0 Å². The lowest BCUT2D eigenvalue weighted by atomic mass is 10.2. The molecule has 0 unspecified atom stereocenters. The zero-order valence-electron chi connectivity index (χ0n) is 9.18. The Labute approximate surface area is 111 Å². The minimum absolute atomic E-state index is 0.484. The average Bonchev–Trinajstić information content (AvgIpc) is 2.22. The number of hydrogen-bond donors (Lipinski definition) is 2. The van der Waals surface area contributed by atoms with E-state index in [4.69, 9.17) is 35.4 Å². The highest BCUT2D eigenvalue weighted by Crippen LogP contribution is 2.29. The fourth-order valence-electron chi connectivity index (χ4n) is 1.06. The van der Waals surface area contributed by atoms with Crippen molar-refractivity contribution < 1.29 is 0 Å². The molecule has 5 heteroatoms. The highest BCUT2D eigenvalue weighted by Gasteiger charge is 2.05. The van der Waals surface area contributed by atoms with E-state index < -0.39 is 0 Å². The summed E-state index contributed by atoms with van der Waals surface area (Å²) in [7, 11) is 0. The van der Waals surface area contributed by atoms with Gasteiger partial charge in [-0.15, -0.1) is 0 Å². The van der Waals surface area contributed by atoms with Crippen molar-refractivity contribution in [2.75, 3.05) is 11.9 Å². The molecule has 1 aromatic rings. The van der Waals surface area contributed by atoms with Crippen LogP contribution in [0.25, 0.3) is 0 Å². The molecule has 0 aliphatic heterocycles. The van der Waals surface area contributed by atoms with Crippen LogP contribution in [0.2, 0.25) is 10.0 Å². The maximum absolute atomic E-state index is 6.02. The molecule has 1 aromatic carbocycles. The lowest BCUT2D eigenvalue weighted by Gasteiger charge is -2.13. The fraction of sp³-hybridized carbons (Fsp3) is 0.364. The minimum Gasteiger partial charge on any atom is -0.362 e. The summed E-state index contributed by atoms with van der Waals surface area (Å²) in [4.78, 5) is 0. The number of benzene rings is 1. The normalized spacial score (nSPS) is 10.3. The molecule has 0 aliphatic carbocycles. The Morgan fingerprint density at radius 3 is 2.69 bits per heavy atom. The van der Waals surface area contributed by atoms with Crippen molar-refractivity contribution in [1.29, 1.82) is 0 Å². The van der Waals surface area contributed by atoms with Crippen molar-refractivity contribution in [2.24, 2.45) is 5.92 Å². The predicted molar refractivity (Wildman–Crippen MR) is 75.5 cm³/mol. The predicted octanol–water partition coefficient (Wildman–Crippen LogP) is 3.94. The fourth-order valence-corrected chi connectivity index (χ4v) is 1.60. The Balaban J connectivity index is 2.59. The summed E-state index contributed by atoms with van der Waals surface area (Å²) in [6.45, 7) is 5.05. The molecule has 0 saturated heterocycles. The molecule has 2 N–H and O–H groups in total. The second-order valence-corrected chi connectivity index (χ2v) is 5.02. The molecular formula is C11H14Cl2N2S. The zero-order valence-corrected chi connectivity index (χ0v) is 11.5. The van der Waals surface area contributed by atoms with Crippen LogP contribution in [0.4, 0.5) is 5.69 Å². The Morgan fingerprint density at radius 2 is 2.06 bits per heavy atom. The van der Waals surface area contributed by atoms with Crippen LogP contribution in [-0.2, 0) is 0 Å². The number of rotatable bonds is 3. The zero-order chi connectivity index (χ0) is 12.1. The van der Waals surface area contributed by atoms with Crippen molar-refractivity contribution in [3.05, 3.63) is 28.2 Å². The molecule has 0 bridgehead atoms. The molecule has 0 aromatic heterocycles. The second kappa shape index (κ2) is 6.28. The van der Waals surface area contributed by atoms with Gasteiger partial charge in [-0.1, -0.05) is 43.1 Å². The van der Waals surface area contributed by atoms with Gasteiger partial charge >= 0.3 is 0 Å². The number of nitrogens with one attached hydrogen (secondary N) is 2. The van der Waals surface area contributed by atoms with Gasteiger partial charge in [0.2, 0.25) is 0 Å². The van der Waals surface area contributed by atoms with Crippen molar-refractivity contribution in [3.63, 3.8) is 0 Å². The standard InChI is InChI=1S/C11H14Cl2N2S/c1-7(2)6-14-11(16)15-9-5-3-4-8(12)10(9)13/h3-5,7H,6H2,1-2H3,(H2,14,15,16). The molecule has 2 nitrogen and oxygen atoms in total. The van der Waals surface area contributed by atoms with E-state index in [0.717, 1.165) is 12.2 Å². The average molecular weight is 277 g/mol. The van der Waals surface area contributed by atoms with Gasteiger partial charge < -0.3 is 10.6 Å².